The molecule has 1 aromatic heterocycles. The first-order chi connectivity index (χ1) is 11.6. The topological polar surface area (TPSA) is 59.8 Å². The number of piperidine rings is 1. The molecule has 2 aromatic rings. The zero-order chi connectivity index (χ0) is 17.1. The Morgan fingerprint density at radius 3 is 2.96 bits per heavy atom. The second-order valence-corrected chi connectivity index (χ2v) is 6.34. The Kier molecular flexibility index (Phi) is 4.88. The molecule has 2 heterocycles. The van der Waals surface area contributed by atoms with E-state index in [9.17, 15) is 9.59 Å². The van der Waals surface area contributed by atoms with E-state index < -0.39 is 0 Å². The summed E-state index contributed by atoms with van der Waals surface area (Å²) in [6, 6.07) is 7.12. The van der Waals surface area contributed by atoms with Crippen LogP contribution in [-0.2, 0) is 4.79 Å². The van der Waals surface area contributed by atoms with Crippen LogP contribution in [0.1, 0.15) is 38.2 Å². The molecule has 3 rings (SSSR count). The van der Waals surface area contributed by atoms with Gasteiger partial charge in [0.15, 0.2) is 6.61 Å². The van der Waals surface area contributed by atoms with Crippen LogP contribution in [0.3, 0.4) is 0 Å². The average molecular weight is 329 g/mol. The number of hydrogen-bond donors (Lipinski definition) is 0. The lowest BCUT2D eigenvalue weighted by Crippen LogP contribution is -2.45. The fraction of sp³-hybridized carbons (Fsp3) is 0.474. The molecule has 0 bridgehead atoms. The van der Waals surface area contributed by atoms with Crippen molar-refractivity contribution in [1.82, 2.24) is 4.90 Å². The van der Waals surface area contributed by atoms with Gasteiger partial charge in [-0.2, -0.15) is 0 Å². The standard InChI is InChI=1S/C19H23NO4/c1-3-14-6-4-5-9-20(14)18(21)12-23-15-7-8-16-13(2)10-19(22)24-17(16)11-15/h7-8,10-11,14H,3-6,9,12H2,1-2H3. The highest BCUT2D eigenvalue weighted by Gasteiger charge is 2.25. The van der Waals surface area contributed by atoms with Gasteiger partial charge in [0.25, 0.3) is 5.91 Å². The Morgan fingerprint density at radius 2 is 2.17 bits per heavy atom. The van der Waals surface area contributed by atoms with Crippen LogP contribution in [0.15, 0.2) is 33.5 Å². The van der Waals surface area contributed by atoms with Gasteiger partial charge in [-0.25, -0.2) is 4.79 Å². The molecule has 5 heteroatoms. The molecule has 1 aromatic carbocycles. The van der Waals surface area contributed by atoms with E-state index in [1.165, 1.54) is 12.5 Å². The van der Waals surface area contributed by atoms with E-state index in [4.69, 9.17) is 9.15 Å². The van der Waals surface area contributed by atoms with Crippen LogP contribution >= 0.6 is 0 Å². The lowest BCUT2D eigenvalue weighted by atomic mass is 10.00. The van der Waals surface area contributed by atoms with Crippen molar-refractivity contribution in [3.05, 3.63) is 40.2 Å². The van der Waals surface area contributed by atoms with Crippen LogP contribution in [0.5, 0.6) is 5.75 Å². The summed E-state index contributed by atoms with van der Waals surface area (Å²) >= 11 is 0. The highest BCUT2D eigenvalue weighted by atomic mass is 16.5. The van der Waals surface area contributed by atoms with Gasteiger partial charge < -0.3 is 14.1 Å². The molecule has 1 unspecified atom stereocenters. The van der Waals surface area contributed by atoms with E-state index in [0.29, 0.717) is 17.4 Å². The first-order valence-corrected chi connectivity index (χ1v) is 8.55. The minimum Gasteiger partial charge on any atom is -0.484 e. The van der Waals surface area contributed by atoms with E-state index in [2.05, 4.69) is 6.92 Å². The second-order valence-electron chi connectivity index (χ2n) is 6.34. The summed E-state index contributed by atoms with van der Waals surface area (Å²) in [6.45, 7) is 4.81. The van der Waals surface area contributed by atoms with Gasteiger partial charge in [-0.3, -0.25) is 4.79 Å². The number of amides is 1. The quantitative estimate of drug-likeness (QED) is 0.808. The summed E-state index contributed by atoms with van der Waals surface area (Å²) in [4.78, 5) is 25.9. The summed E-state index contributed by atoms with van der Waals surface area (Å²) in [7, 11) is 0. The van der Waals surface area contributed by atoms with Crippen molar-refractivity contribution in [3.8, 4) is 5.75 Å². The minimum atomic E-state index is -0.382. The molecule has 0 saturated carbocycles. The number of benzene rings is 1. The van der Waals surface area contributed by atoms with Crippen molar-refractivity contribution in [1.29, 1.82) is 0 Å². The molecule has 1 fully saturated rings. The zero-order valence-electron chi connectivity index (χ0n) is 14.2. The van der Waals surface area contributed by atoms with Crippen molar-refractivity contribution in [3.63, 3.8) is 0 Å². The van der Waals surface area contributed by atoms with E-state index in [0.717, 1.165) is 36.8 Å². The number of likely N-dealkylation sites (tertiary alicyclic amines) is 1. The van der Waals surface area contributed by atoms with Crippen molar-refractivity contribution >= 4 is 16.9 Å². The molecule has 0 radical (unpaired) electrons. The molecule has 24 heavy (non-hydrogen) atoms. The van der Waals surface area contributed by atoms with Gasteiger partial charge in [0.05, 0.1) is 0 Å². The normalized spacial score (nSPS) is 17.9. The molecular formula is C19H23NO4. The third-order valence-electron chi connectivity index (χ3n) is 4.70. The molecule has 128 valence electrons. The second kappa shape index (κ2) is 7.07. The number of rotatable bonds is 4. The van der Waals surface area contributed by atoms with E-state index in [1.54, 1.807) is 12.1 Å². The first kappa shape index (κ1) is 16.6. The maximum atomic E-state index is 12.4. The molecule has 1 atom stereocenters. The van der Waals surface area contributed by atoms with Gasteiger partial charge >= 0.3 is 5.63 Å². The van der Waals surface area contributed by atoms with E-state index in [-0.39, 0.29) is 18.1 Å². The number of aryl methyl sites for hydroxylation is 1. The summed E-state index contributed by atoms with van der Waals surface area (Å²) in [5.41, 5.74) is 0.963. The molecule has 1 aliphatic heterocycles. The molecule has 0 aliphatic carbocycles. The van der Waals surface area contributed by atoms with Crippen LogP contribution in [0.4, 0.5) is 0 Å². The third-order valence-corrected chi connectivity index (χ3v) is 4.70. The van der Waals surface area contributed by atoms with Gasteiger partial charge in [0.2, 0.25) is 0 Å². The Labute approximate surface area is 141 Å². The number of fused-ring (bicyclic) bond motifs is 1. The number of hydrogen-bond acceptors (Lipinski definition) is 4. The highest BCUT2D eigenvalue weighted by molar-refractivity contribution is 5.82. The molecular weight excluding hydrogens is 306 g/mol. The molecule has 0 N–H and O–H groups in total. The van der Waals surface area contributed by atoms with Gasteiger partial charge in [0.1, 0.15) is 11.3 Å². The van der Waals surface area contributed by atoms with Crippen LogP contribution < -0.4 is 10.4 Å². The summed E-state index contributed by atoms with van der Waals surface area (Å²) < 4.78 is 10.9. The van der Waals surface area contributed by atoms with Crippen LogP contribution in [0, 0.1) is 6.92 Å². The van der Waals surface area contributed by atoms with Crippen LogP contribution in [0.2, 0.25) is 0 Å². The van der Waals surface area contributed by atoms with Gasteiger partial charge in [-0.05, 0) is 50.3 Å². The largest absolute Gasteiger partial charge is 0.484 e. The summed E-state index contributed by atoms with van der Waals surface area (Å²) in [5.74, 6) is 0.557. The maximum Gasteiger partial charge on any atom is 0.336 e. The number of carbonyl (C=O) groups is 1. The minimum absolute atomic E-state index is 0.0120. The first-order valence-electron chi connectivity index (χ1n) is 8.55. The zero-order valence-corrected chi connectivity index (χ0v) is 14.2. The summed E-state index contributed by atoms with van der Waals surface area (Å²) in [6.07, 6.45) is 4.30. The van der Waals surface area contributed by atoms with Crippen molar-refractivity contribution in [2.75, 3.05) is 13.2 Å². The number of carbonyl (C=O) groups excluding carboxylic acids is 1. The highest BCUT2D eigenvalue weighted by Crippen LogP contribution is 2.23. The Bertz CT molecular complexity index is 796. The van der Waals surface area contributed by atoms with E-state index in [1.807, 2.05) is 17.9 Å². The molecule has 0 spiro atoms. The van der Waals surface area contributed by atoms with Gasteiger partial charge in [-0.1, -0.05) is 6.92 Å². The molecule has 1 amide bonds. The Morgan fingerprint density at radius 1 is 1.33 bits per heavy atom. The van der Waals surface area contributed by atoms with Crippen LogP contribution in [-0.4, -0.2) is 30.0 Å². The smallest absolute Gasteiger partial charge is 0.336 e. The third kappa shape index (κ3) is 3.45. The van der Waals surface area contributed by atoms with E-state index >= 15 is 0 Å². The van der Waals surface area contributed by atoms with Crippen LogP contribution in [0.25, 0.3) is 11.0 Å². The monoisotopic (exact) mass is 329 g/mol. The van der Waals surface area contributed by atoms with Gasteiger partial charge in [0, 0.05) is 30.1 Å². The maximum absolute atomic E-state index is 12.4. The SMILES string of the molecule is CCC1CCCCN1C(=O)COc1ccc2c(C)cc(=O)oc2c1. The fourth-order valence-corrected chi connectivity index (χ4v) is 3.38. The van der Waals surface area contributed by atoms with Gasteiger partial charge in [-0.15, -0.1) is 0 Å². The molecule has 5 nitrogen and oxygen atoms in total. The number of nitrogens with zero attached hydrogens (tertiary/aromatic N) is 1. The fourth-order valence-electron chi connectivity index (χ4n) is 3.38. The molecule has 1 aliphatic rings. The molecule has 1 saturated heterocycles. The van der Waals surface area contributed by atoms with Crippen molar-refractivity contribution < 1.29 is 13.9 Å². The summed E-state index contributed by atoms with van der Waals surface area (Å²) in [5, 5.41) is 0.871. The Balaban J connectivity index is 1.71. The Hall–Kier alpha value is -2.30. The predicted octanol–water partition coefficient (Wildman–Crippen LogP) is 3.27. The van der Waals surface area contributed by atoms with Crippen molar-refractivity contribution in [2.45, 2.75) is 45.6 Å². The predicted molar refractivity (Wildman–Crippen MR) is 92.4 cm³/mol. The lowest BCUT2D eigenvalue weighted by Gasteiger charge is -2.35. The number of ether oxygens (including phenoxy) is 1. The lowest BCUT2D eigenvalue weighted by molar-refractivity contribution is -0.137. The average Bonchev–Trinajstić information content (AvgIpc) is 2.59. The van der Waals surface area contributed by atoms with Crippen molar-refractivity contribution in [2.24, 2.45) is 0 Å².